The number of pyridine rings is 1. The summed E-state index contributed by atoms with van der Waals surface area (Å²) in [7, 11) is 0. The Kier molecular flexibility index (Phi) is 7.22. The number of fused-ring (bicyclic) bond motifs is 7. The number of benzene rings is 9. The molecule has 52 heavy (non-hydrogen) atoms. The summed E-state index contributed by atoms with van der Waals surface area (Å²) in [6.45, 7) is 0. The van der Waals surface area contributed by atoms with Crippen LogP contribution in [-0.2, 0) is 0 Å². The van der Waals surface area contributed by atoms with Crippen LogP contribution < -0.4 is 0 Å². The number of hydrogen-bond acceptors (Lipinski definition) is 1. The van der Waals surface area contributed by atoms with E-state index in [9.17, 15) is 0 Å². The molecule has 1 heterocycles. The van der Waals surface area contributed by atoms with Gasteiger partial charge in [-0.3, -0.25) is 0 Å². The molecule has 0 amide bonds. The van der Waals surface area contributed by atoms with Gasteiger partial charge in [-0.1, -0.05) is 170 Å². The van der Waals surface area contributed by atoms with Gasteiger partial charge in [0.25, 0.3) is 0 Å². The van der Waals surface area contributed by atoms with Crippen LogP contribution in [-0.4, -0.2) is 4.98 Å². The molecule has 242 valence electrons. The van der Waals surface area contributed by atoms with Gasteiger partial charge in [-0.15, -0.1) is 0 Å². The zero-order valence-corrected chi connectivity index (χ0v) is 28.5. The van der Waals surface area contributed by atoms with Gasteiger partial charge in [0.1, 0.15) is 0 Å². The molecular weight excluding hydrogens is 627 g/mol. The maximum Gasteiger partial charge on any atom is 0.0716 e. The molecule has 9 aromatic carbocycles. The van der Waals surface area contributed by atoms with E-state index in [2.05, 4.69) is 200 Å². The Labute approximate surface area is 303 Å². The molecule has 1 heteroatoms. The largest absolute Gasteiger partial charge is 0.248 e. The van der Waals surface area contributed by atoms with E-state index in [0.717, 1.165) is 27.7 Å². The molecule has 0 atom stereocenters. The average molecular weight is 660 g/mol. The van der Waals surface area contributed by atoms with Gasteiger partial charge >= 0.3 is 0 Å². The van der Waals surface area contributed by atoms with Gasteiger partial charge in [-0.2, -0.15) is 0 Å². The van der Waals surface area contributed by atoms with E-state index in [1.807, 2.05) is 0 Å². The molecule has 0 spiro atoms. The quantitative estimate of drug-likeness (QED) is 0.168. The average Bonchev–Trinajstić information content (AvgIpc) is 3.23. The number of rotatable bonds is 5. The van der Waals surface area contributed by atoms with Crippen LogP contribution in [0.5, 0.6) is 0 Å². The molecule has 0 saturated heterocycles. The molecular formula is C51H33N. The summed E-state index contributed by atoms with van der Waals surface area (Å²) >= 11 is 0. The number of para-hydroxylation sites is 1. The van der Waals surface area contributed by atoms with E-state index in [0.29, 0.717) is 0 Å². The van der Waals surface area contributed by atoms with E-state index in [4.69, 9.17) is 4.98 Å². The Morgan fingerprint density at radius 3 is 1.37 bits per heavy atom. The third-order valence-electron chi connectivity index (χ3n) is 10.4. The van der Waals surface area contributed by atoms with E-state index in [1.54, 1.807) is 0 Å². The third-order valence-corrected chi connectivity index (χ3v) is 10.4. The first-order valence-corrected chi connectivity index (χ1v) is 17.9. The lowest BCUT2D eigenvalue weighted by Gasteiger charge is -2.15. The van der Waals surface area contributed by atoms with Gasteiger partial charge in [0, 0.05) is 10.9 Å². The molecule has 0 saturated carbocycles. The summed E-state index contributed by atoms with van der Waals surface area (Å²) < 4.78 is 0. The van der Waals surface area contributed by atoms with Crippen molar-refractivity contribution in [3.05, 3.63) is 200 Å². The van der Waals surface area contributed by atoms with Crippen LogP contribution >= 0.6 is 0 Å². The van der Waals surface area contributed by atoms with Gasteiger partial charge in [0.15, 0.2) is 0 Å². The highest BCUT2D eigenvalue weighted by molar-refractivity contribution is 6.25. The van der Waals surface area contributed by atoms with Crippen LogP contribution in [0.15, 0.2) is 200 Å². The van der Waals surface area contributed by atoms with E-state index in [-0.39, 0.29) is 0 Å². The van der Waals surface area contributed by atoms with Crippen molar-refractivity contribution in [2.45, 2.75) is 0 Å². The molecule has 0 aliphatic heterocycles. The van der Waals surface area contributed by atoms with Crippen molar-refractivity contribution in [2.24, 2.45) is 0 Å². The van der Waals surface area contributed by atoms with Crippen molar-refractivity contribution in [1.82, 2.24) is 4.98 Å². The van der Waals surface area contributed by atoms with Crippen LogP contribution in [0.25, 0.3) is 99.0 Å². The highest BCUT2D eigenvalue weighted by Gasteiger charge is 2.15. The van der Waals surface area contributed by atoms with Crippen molar-refractivity contribution in [3.63, 3.8) is 0 Å². The van der Waals surface area contributed by atoms with E-state index < -0.39 is 0 Å². The molecule has 0 aliphatic carbocycles. The van der Waals surface area contributed by atoms with Gasteiger partial charge in [-0.05, 0) is 107 Å². The zero-order valence-electron chi connectivity index (χ0n) is 28.5. The zero-order chi connectivity index (χ0) is 34.4. The van der Waals surface area contributed by atoms with Crippen molar-refractivity contribution >= 4 is 43.2 Å². The number of aromatic nitrogens is 1. The molecule has 0 aliphatic rings. The summed E-state index contributed by atoms with van der Waals surface area (Å²) in [5.74, 6) is 0. The van der Waals surface area contributed by atoms with Gasteiger partial charge in [0.2, 0.25) is 0 Å². The Bertz CT molecular complexity index is 2920. The second kappa shape index (κ2) is 12.5. The fourth-order valence-corrected chi connectivity index (χ4v) is 7.96. The maximum atomic E-state index is 5.21. The first-order valence-electron chi connectivity index (χ1n) is 17.9. The molecule has 0 bridgehead atoms. The summed E-state index contributed by atoms with van der Waals surface area (Å²) in [6.07, 6.45) is 0. The summed E-state index contributed by atoms with van der Waals surface area (Å²) in [5.41, 5.74) is 12.6. The lowest BCUT2D eigenvalue weighted by atomic mass is 9.91. The van der Waals surface area contributed by atoms with Gasteiger partial charge in [0.05, 0.1) is 11.2 Å². The Morgan fingerprint density at radius 1 is 0.231 bits per heavy atom. The van der Waals surface area contributed by atoms with Crippen LogP contribution in [0.2, 0.25) is 0 Å². The first kappa shape index (κ1) is 30.0. The van der Waals surface area contributed by atoms with Gasteiger partial charge in [-0.25, -0.2) is 4.98 Å². The fourth-order valence-electron chi connectivity index (χ4n) is 7.96. The predicted molar refractivity (Wildman–Crippen MR) is 221 cm³/mol. The smallest absolute Gasteiger partial charge is 0.0716 e. The minimum Gasteiger partial charge on any atom is -0.248 e. The van der Waals surface area contributed by atoms with Crippen molar-refractivity contribution in [3.8, 4) is 55.8 Å². The summed E-state index contributed by atoms with van der Waals surface area (Å²) in [5, 5.41) is 8.89. The van der Waals surface area contributed by atoms with Crippen molar-refractivity contribution in [2.75, 3.05) is 0 Å². The standard InChI is InChI=1S/C51H33N/c1-2-14-34(15-3-1)40-20-4-5-21-41(40)49-33-51(52-50-27-11-10-26-47(49)50)39-19-13-18-37(31-39)35-16-12-17-36(30-35)38-28-29-46-44-24-7-6-22-42(44)43-23-8-9-25-45(43)48(46)32-38/h1-33H. The SMILES string of the molecule is c1ccc(-c2ccccc2-c2cc(-c3cccc(-c4cccc(-c5ccc6c7ccccc7c7ccccc7c6c5)c4)c3)nc3ccccc23)cc1. The third kappa shape index (κ3) is 5.14. The fraction of sp³-hybridized carbons (Fsp3) is 0. The maximum absolute atomic E-state index is 5.21. The van der Waals surface area contributed by atoms with Crippen LogP contribution in [0.3, 0.4) is 0 Å². The van der Waals surface area contributed by atoms with Crippen molar-refractivity contribution in [1.29, 1.82) is 0 Å². The monoisotopic (exact) mass is 659 g/mol. The topological polar surface area (TPSA) is 12.9 Å². The second-order valence-electron chi connectivity index (χ2n) is 13.5. The van der Waals surface area contributed by atoms with Crippen molar-refractivity contribution < 1.29 is 0 Å². The molecule has 10 aromatic rings. The molecule has 0 fully saturated rings. The molecule has 1 aromatic heterocycles. The van der Waals surface area contributed by atoms with E-state index >= 15 is 0 Å². The lowest BCUT2D eigenvalue weighted by molar-refractivity contribution is 1.40. The van der Waals surface area contributed by atoms with Crippen LogP contribution in [0.4, 0.5) is 0 Å². The Hall–Kier alpha value is -6.83. The molecule has 10 rings (SSSR count). The van der Waals surface area contributed by atoms with Crippen LogP contribution in [0.1, 0.15) is 0 Å². The summed E-state index contributed by atoms with van der Waals surface area (Å²) in [6, 6.07) is 72.3. The first-order chi connectivity index (χ1) is 25.8. The van der Waals surface area contributed by atoms with E-state index in [1.165, 1.54) is 71.3 Å². The Balaban J connectivity index is 1.07. The highest BCUT2D eigenvalue weighted by Crippen LogP contribution is 2.40. The summed E-state index contributed by atoms with van der Waals surface area (Å²) in [4.78, 5) is 5.21. The normalized spacial score (nSPS) is 11.5. The number of nitrogens with zero attached hydrogens (tertiary/aromatic N) is 1. The molecule has 0 radical (unpaired) electrons. The lowest BCUT2D eigenvalue weighted by Crippen LogP contribution is -1.92. The number of hydrogen-bond donors (Lipinski definition) is 0. The minimum atomic E-state index is 0.961. The van der Waals surface area contributed by atoms with Gasteiger partial charge < -0.3 is 0 Å². The Morgan fingerprint density at radius 2 is 0.692 bits per heavy atom. The molecule has 1 nitrogen and oxygen atoms in total. The minimum absolute atomic E-state index is 0.961. The second-order valence-corrected chi connectivity index (χ2v) is 13.5. The molecule has 0 N–H and O–H groups in total. The van der Waals surface area contributed by atoms with Crippen LogP contribution in [0, 0.1) is 0 Å². The highest BCUT2D eigenvalue weighted by atomic mass is 14.7. The predicted octanol–water partition coefficient (Wildman–Crippen LogP) is 14.0. The molecule has 0 unspecified atom stereocenters.